The van der Waals surface area contributed by atoms with Gasteiger partial charge in [-0.05, 0) is 12.8 Å². The second kappa shape index (κ2) is 17.4. The predicted molar refractivity (Wildman–Crippen MR) is 85.5 cm³/mol. The van der Waals surface area contributed by atoms with Gasteiger partial charge in [-0.1, -0.05) is 38.3 Å². The molecular formula is C8H18N2S4Se. The summed E-state index contributed by atoms with van der Waals surface area (Å²) in [6.07, 6.45) is 2.20. The van der Waals surface area contributed by atoms with Gasteiger partial charge in [0.25, 0.3) is 0 Å². The first-order valence-corrected chi connectivity index (χ1v) is 6.19. The van der Waals surface area contributed by atoms with Gasteiger partial charge in [-0.3, -0.25) is 0 Å². The molecule has 0 aromatic carbocycles. The van der Waals surface area contributed by atoms with Crippen LogP contribution in [0.25, 0.3) is 0 Å². The Morgan fingerprint density at radius 3 is 1.27 bits per heavy atom. The largest absolute Gasteiger partial charge is 0.371 e. The van der Waals surface area contributed by atoms with Gasteiger partial charge in [-0.2, -0.15) is 0 Å². The standard InChI is InChI=1S/2C4H9NS2.Se/c2*1-2-3-5-4(6)7;/h2*2-3H2,1H3,(H2,5,6,7);. The van der Waals surface area contributed by atoms with Crippen molar-refractivity contribution in [1.29, 1.82) is 0 Å². The third-order valence-electron chi connectivity index (χ3n) is 1.05. The van der Waals surface area contributed by atoms with Crippen LogP contribution < -0.4 is 10.6 Å². The minimum absolute atomic E-state index is 0. The molecule has 0 saturated carbocycles. The van der Waals surface area contributed by atoms with Gasteiger partial charge in [0.1, 0.15) is 8.64 Å². The van der Waals surface area contributed by atoms with Crippen molar-refractivity contribution in [2.75, 3.05) is 13.1 Å². The SMILES string of the molecule is CCCNC(=S)S.CCCNC(=S)S.[Se]. The topological polar surface area (TPSA) is 24.1 Å². The molecular weight excluding hydrogens is 331 g/mol. The van der Waals surface area contributed by atoms with Gasteiger partial charge in [0.15, 0.2) is 0 Å². The summed E-state index contributed by atoms with van der Waals surface area (Å²) >= 11 is 16.9. The second-order valence-corrected chi connectivity index (χ2v) is 4.78. The smallest absolute Gasteiger partial charge is 0.130 e. The molecule has 2 nitrogen and oxygen atoms in total. The summed E-state index contributed by atoms with van der Waals surface area (Å²) in [4.78, 5) is 0. The van der Waals surface area contributed by atoms with E-state index in [-0.39, 0.29) is 17.1 Å². The van der Waals surface area contributed by atoms with E-state index in [2.05, 4.69) is 74.2 Å². The first-order valence-electron chi connectivity index (χ1n) is 4.48. The molecule has 0 aliphatic carbocycles. The maximum atomic E-state index is 4.61. The zero-order chi connectivity index (χ0) is 11.4. The van der Waals surface area contributed by atoms with Gasteiger partial charge in [-0.15, -0.1) is 25.3 Å². The van der Waals surface area contributed by atoms with Crippen LogP contribution in [0.5, 0.6) is 0 Å². The average molecular weight is 349 g/mol. The maximum absolute atomic E-state index is 4.61. The Kier molecular flexibility index (Phi) is 24.7. The van der Waals surface area contributed by atoms with Gasteiger partial charge < -0.3 is 10.6 Å². The van der Waals surface area contributed by atoms with Crippen LogP contribution in [-0.4, -0.2) is 38.8 Å². The van der Waals surface area contributed by atoms with E-state index in [1.807, 2.05) is 0 Å². The van der Waals surface area contributed by atoms with Crippen LogP contribution in [0.15, 0.2) is 0 Å². The normalized spacial score (nSPS) is 7.73. The Morgan fingerprint density at radius 1 is 0.933 bits per heavy atom. The minimum Gasteiger partial charge on any atom is -0.371 e. The van der Waals surface area contributed by atoms with E-state index in [1.165, 1.54) is 0 Å². The zero-order valence-corrected chi connectivity index (χ0v) is 14.1. The Labute approximate surface area is 125 Å². The Morgan fingerprint density at radius 2 is 1.20 bits per heavy atom. The van der Waals surface area contributed by atoms with Crippen LogP contribution in [0.4, 0.5) is 0 Å². The molecule has 0 spiro atoms. The van der Waals surface area contributed by atoms with Crippen LogP contribution in [0, 0.1) is 0 Å². The van der Waals surface area contributed by atoms with Crippen molar-refractivity contribution >= 4 is 75.4 Å². The average Bonchev–Trinajstić information content (AvgIpc) is 2.12. The molecule has 0 aliphatic heterocycles. The van der Waals surface area contributed by atoms with E-state index < -0.39 is 0 Å². The summed E-state index contributed by atoms with van der Waals surface area (Å²) in [6, 6.07) is 0. The molecule has 0 amide bonds. The number of hydrogen-bond acceptors (Lipinski definition) is 2. The third-order valence-corrected chi connectivity index (χ3v) is 1.66. The van der Waals surface area contributed by atoms with Crippen LogP contribution in [0.2, 0.25) is 0 Å². The molecule has 2 N–H and O–H groups in total. The second-order valence-electron chi connectivity index (χ2n) is 2.46. The molecule has 0 fully saturated rings. The predicted octanol–water partition coefficient (Wildman–Crippen LogP) is 2.02. The molecule has 2 radical (unpaired) electrons. The number of rotatable bonds is 4. The monoisotopic (exact) mass is 350 g/mol. The van der Waals surface area contributed by atoms with E-state index in [0.717, 1.165) is 25.9 Å². The van der Waals surface area contributed by atoms with Crippen molar-refractivity contribution in [3.63, 3.8) is 0 Å². The number of nitrogens with one attached hydrogen (secondary N) is 2. The summed E-state index contributed by atoms with van der Waals surface area (Å²) in [5.74, 6) is 0. The molecule has 0 rings (SSSR count). The first kappa shape index (κ1) is 21.3. The van der Waals surface area contributed by atoms with Gasteiger partial charge in [0.2, 0.25) is 0 Å². The Hall–Kier alpha value is 0.999. The molecule has 7 heteroatoms. The van der Waals surface area contributed by atoms with E-state index >= 15 is 0 Å². The Balaban J connectivity index is -0.000000180. The number of hydrogen-bond donors (Lipinski definition) is 4. The van der Waals surface area contributed by atoms with Crippen molar-refractivity contribution in [3.8, 4) is 0 Å². The van der Waals surface area contributed by atoms with E-state index in [4.69, 9.17) is 0 Å². The molecule has 0 aromatic heterocycles. The number of thiocarbonyl (C=S) groups is 2. The zero-order valence-electron chi connectivity index (χ0n) is 8.95. The molecule has 0 aromatic rings. The summed E-state index contributed by atoms with van der Waals surface area (Å²) in [5, 5.41) is 5.78. The molecule has 0 aliphatic rings. The molecule has 15 heavy (non-hydrogen) atoms. The summed E-state index contributed by atoms with van der Waals surface area (Å²) in [6.45, 7) is 6.03. The van der Waals surface area contributed by atoms with Gasteiger partial charge in [-0.25, -0.2) is 0 Å². The van der Waals surface area contributed by atoms with Gasteiger partial charge >= 0.3 is 0 Å². The quantitative estimate of drug-likeness (QED) is 0.354. The van der Waals surface area contributed by atoms with Crippen LogP contribution in [-0.2, 0) is 0 Å². The molecule has 0 unspecified atom stereocenters. The van der Waals surface area contributed by atoms with Crippen LogP contribution in [0.3, 0.4) is 0 Å². The fourth-order valence-corrected chi connectivity index (χ4v) is 0.892. The summed E-state index contributed by atoms with van der Waals surface area (Å²) in [5.41, 5.74) is 0. The fourth-order valence-electron chi connectivity index (χ4n) is 0.464. The molecule has 0 bridgehead atoms. The van der Waals surface area contributed by atoms with Gasteiger partial charge in [0, 0.05) is 30.2 Å². The van der Waals surface area contributed by atoms with E-state index in [1.54, 1.807) is 0 Å². The van der Waals surface area contributed by atoms with Crippen molar-refractivity contribution in [1.82, 2.24) is 10.6 Å². The van der Waals surface area contributed by atoms with Crippen LogP contribution in [0.1, 0.15) is 26.7 Å². The van der Waals surface area contributed by atoms with Crippen molar-refractivity contribution in [2.24, 2.45) is 0 Å². The fraction of sp³-hybridized carbons (Fsp3) is 0.750. The molecule has 0 heterocycles. The minimum atomic E-state index is 0. The maximum Gasteiger partial charge on any atom is 0.130 e. The Bertz CT molecular complexity index is 149. The number of thiol groups is 2. The summed E-state index contributed by atoms with van der Waals surface area (Å²) < 4.78 is 1.17. The molecule has 0 saturated heterocycles. The third kappa shape index (κ3) is 31.3. The van der Waals surface area contributed by atoms with Gasteiger partial charge in [0.05, 0.1) is 0 Å². The first-order chi connectivity index (χ1) is 6.54. The van der Waals surface area contributed by atoms with Crippen molar-refractivity contribution in [2.45, 2.75) is 26.7 Å². The summed E-state index contributed by atoms with van der Waals surface area (Å²) in [7, 11) is 0. The molecule has 90 valence electrons. The van der Waals surface area contributed by atoms with Crippen molar-refractivity contribution < 1.29 is 0 Å². The van der Waals surface area contributed by atoms with E-state index in [0.29, 0.717) is 8.64 Å². The van der Waals surface area contributed by atoms with Crippen molar-refractivity contribution in [3.05, 3.63) is 0 Å². The van der Waals surface area contributed by atoms with E-state index in [9.17, 15) is 0 Å². The van der Waals surface area contributed by atoms with Crippen LogP contribution >= 0.6 is 49.7 Å². The molecule has 0 atom stereocenters.